The van der Waals surface area contributed by atoms with Crippen LogP contribution in [0.2, 0.25) is 0 Å². The molecule has 13 aromatic rings. The summed E-state index contributed by atoms with van der Waals surface area (Å²) in [5.74, 6) is 4.49. The Morgan fingerprint density at radius 2 is 0.722 bits per heavy atom. The number of pyridine rings is 2. The third-order valence-electron chi connectivity index (χ3n) is 13.4. The second-order valence-electron chi connectivity index (χ2n) is 18.1. The first kappa shape index (κ1) is 42.4. The van der Waals surface area contributed by atoms with Gasteiger partial charge in [-0.2, -0.15) is 0 Å². The number of ether oxygens (including phenoxy) is 2. The molecular formula is C64H44N6O2. The van der Waals surface area contributed by atoms with Crippen molar-refractivity contribution < 1.29 is 9.47 Å². The fourth-order valence-electron chi connectivity index (χ4n) is 9.79. The summed E-state index contributed by atoms with van der Waals surface area (Å²) >= 11 is 0. The molecule has 13 rings (SSSR count). The third-order valence-corrected chi connectivity index (χ3v) is 13.4. The number of aromatic nitrogens is 6. The van der Waals surface area contributed by atoms with E-state index in [2.05, 4.69) is 169 Å². The van der Waals surface area contributed by atoms with Gasteiger partial charge in [0.15, 0.2) is 0 Å². The summed E-state index contributed by atoms with van der Waals surface area (Å²) < 4.78 is 17.6. The van der Waals surface area contributed by atoms with Gasteiger partial charge in [0.25, 0.3) is 0 Å². The molecule has 8 nitrogen and oxygen atoms in total. The van der Waals surface area contributed by atoms with Crippen LogP contribution in [-0.4, -0.2) is 29.1 Å². The van der Waals surface area contributed by atoms with E-state index < -0.39 is 0 Å². The highest BCUT2D eigenvalue weighted by Crippen LogP contribution is 2.39. The van der Waals surface area contributed by atoms with Crippen LogP contribution in [0.3, 0.4) is 0 Å². The van der Waals surface area contributed by atoms with Crippen molar-refractivity contribution in [2.24, 2.45) is 0 Å². The Morgan fingerprint density at radius 1 is 0.306 bits per heavy atom. The molecule has 0 radical (unpaired) electrons. The molecule has 0 atom stereocenters. The molecule has 342 valence electrons. The minimum atomic E-state index is 0.690. The van der Waals surface area contributed by atoms with E-state index in [0.29, 0.717) is 23.0 Å². The molecule has 0 aliphatic carbocycles. The summed E-state index contributed by atoms with van der Waals surface area (Å²) in [7, 11) is 0. The molecule has 5 aromatic heterocycles. The first-order chi connectivity index (χ1) is 35.5. The van der Waals surface area contributed by atoms with Gasteiger partial charge in [-0.3, -0.25) is 19.1 Å². The third kappa shape index (κ3) is 7.87. The van der Waals surface area contributed by atoms with Crippen LogP contribution >= 0.6 is 0 Å². The van der Waals surface area contributed by atoms with Crippen LogP contribution < -0.4 is 9.47 Å². The van der Waals surface area contributed by atoms with Gasteiger partial charge >= 0.3 is 0 Å². The van der Waals surface area contributed by atoms with Crippen molar-refractivity contribution >= 4 is 43.6 Å². The molecule has 5 heterocycles. The van der Waals surface area contributed by atoms with Crippen LogP contribution in [0.4, 0.5) is 0 Å². The summed E-state index contributed by atoms with van der Waals surface area (Å²) in [6.07, 6.45) is 7.37. The van der Waals surface area contributed by atoms with Gasteiger partial charge in [0.1, 0.15) is 34.6 Å². The van der Waals surface area contributed by atoms with Crippen molar-refractivity contribution in [3.63, 3.8) is 0 Å². The van der Waals surface area contributed by atoms with Crippen molar-refractivity contribution in [2.45, 2.75) is 13.8 Å². The van der Waals surface area contributed by atoms with Gasteiger partial charge in [-0.15, -0.1) is 0 Å². The molecule has 72 heavy (non-hydrogen) atoms. The van der Waals surface area contributed by atoms with Crippen molar-refractivity contribution in [1.29, 1.82) is 0 Å². The lowest BCUT2D eigenvalue weighted by Gasteiger charge is -2.11. The highest BCUT2D eigenvalue weighted by atomic mass is 16.5. The monoisotopic (exact) mass is 928 g/mol. The Balaban J connectivity index is 0.757. The normalized spacial score (nSPS) is 11.5. The van der Waals surface area contributed by atoms with Crippen LogP contribution in [0.5, 0.6) is 23.0 Å². The Morgan fingerprint density at radius 3 is 1.17 bits per heavy atom. The van der Waals surface area contributed by atoms with E-state index in [4.69, 9.17) is 29.4 Å². The quantitative estimate of drug-likeness (QED) is 0.136. The molecule has 0 saturated carbocycles. The average Bonchev–Trinajstić information content (AvgIpc) is 3.94. The number of para-hydroxylation sites is 2. The second kappa shape index (κ2) is 17.7. The summed E-state index contributed by atoms with van der Waals surface area (Å²) in [4.78, 5) is 19.5. The van der Waals surface area contributed by atoms with E-state index in [1.54, 1.807) is 12.4 Å². The Hall–Kier alpha value is -9.66. The van der Waals surface area contributed by atoms with Crippen LogP contribution in [0.25, 0.3) is 100 Å². The summed E-state index contributed by atoms with van der Waals surface area (Å²) in [5.41, 5.74) is 14.4. The van der Waals surface area contributed by atoms with Crippen LogP contribution in [0.1, 0.15) is 11.1 Å². The maximum absolute atomic E-state index is 6.59. The lowest BCUT2D eigenvalue weighted by Crippen LogP contribution is -1.98. The fourth-order valence-corrected chi connectivity index (χ4v) is 9.79. The topological polar surface area (TPSA) is 79.9 Å². The highest BCUT2D eigenvalue weighted by molar-refractivity contribution is 6.10. The number of hydrogen-bond acceptors (Lipinski definition) is 6. The first-order valence-corrected chi connectivity index (χ1v) is 24.0. The summed E-state index contributed by atoms with van der Waals surface area (Å²) in [5, 5.41) is 4.55. The molecule has 8 aromatic carbocycles. The predicted molar refractivity (Wildman–Crippen MR) is 291 cm³/mol. The average molecular weight is 929 g/mol. The molecule has 8 heteroatoms. The Labute approximate surface area is 415 Å². The number of aryl methyl sites for hydroxylation is 2. The number of fused-ring (bicyclic) bond motifs is 6. The summed E-state index contributed by atoms with van der Waals surface area (Å²) in [6.45, 7) is 4.21. The SMILES string of the molecule is Cc1ccc(-c2ccnc(-n3c4ccccc4c4ccc(Oc5cccc(-c6cnc(-c7cccc(Oc8ccc9c%10ccccc%10n(-c%10cc(-c%11ccc(C)cc%11)ccn%10)c9c8)c7)cn6)c5)cc43)c2)cc1. The zero-order valence-corrected chi connectivity index (χ0v) is 39.4. The van der Waals surface area contributed by atoms with Gasteiger partial charge in [-0.05, 0) is 121 Å². The van der Waals surface area contributed by atoms with Crippen molar-refractivity contribution in [1.82, 2.24) is 29.1 Å². The van der Waals surface area contributed by atoms with Gasteiger partial charge < -0.3 is 9.47 Å². The van der Waals surface area contributed by atoms with Gasteiger partial charge in [0.05, 0.1) is 45.8 Å². The predicted octanol–water partition coefficient (Wildman–Crippen LogP) is 16.3. The van der Waals surface area contributed by atoms with E-state index >= 15 is 0 Å². The Kier molecular flexibility index (Phi) is 10.4. The van der Waals surface area contributed by atoms with Gasteiger partial charge in [0.2, 0.25) is 0 Å². The molecular weight excluding hydrogens is 885 g/mol. The van der Waals surface area contributed by atoms with E-state index in [1.807, 2.05) is 73.1 Å². The number of nitrogens with zero attached hydrogens (tertiary/aromatic N) is 6. The van der Waals surface area contributed by atoms with Gasteiger partial charge in [-0.25, -0.2) is 9.97 Å². The van der Waals surface area contributed by atoms with E-state index in [-0.39, 0.29) is 0 Å². The zero-order valence-electron chi connectivity index (χ0n) is 39.4. The van der Waals surface area contributed by atoms with Crippen LogP contribution in [0, 0.1) is 13.8 Å². The number of benzene rings is 8. The van der Waals surface area contributed by atoms with Gasteiger partial charge in [-0.1, -0.05) is 120 Å². The first-order valence-electron chi connectivity index (χ1n) is 24.0. The molecule has 0 unspecified atom stereocenters. The molecule has 0 aliphatic heterocycles. The van der Waals surface area contributed by atoms with Gasteiger partial charge in [0, 0.05) is 57.2 Å². The smallest absolute Gasteiger partial charge is 0.138 e. The van der Waals surface area contributed by atoms with Crippen molar-refractivity contribution in [2.75, 3.05) is 0 Å². The molecule has 0 fully saturated rings. The lowest BCUT2D eigenvalue weighted by molar-refractivity contribution is 0.483. The molecule has 0 N–H and O–H groups in total. The lowest BCUT2D eigenvalue weighted by atomic mass is 10.1. The van der Waals surface area contributed by atoms with Crippen LogP contribution in [-0.2, 0) is 0 Å². The zero-order chi connectivity index (χ0) is 48.1. The number of rotatable bonds is 10. The van der Waals surface area contributed by atoms with E-state index in [1.165, 1.54) is 11.1 Å². The standard InChI is InChI=1S/C64H44N6O2/c1-41-17-21-43(22-18-41)45-29-31-65-63(35-45)69-59-15-5-3-13-53(59)55-27-25-51(37-61(55)69)71-49-11-7-9-47(33-49)57-39-68-58(40-67-57)48-10-8-12-50(34-48)72-52-26-28-56-54-14-4-6-16-60(54)70(62(56)38-52)64-36-46(30-32-66-64)44-23-19-42(2)20-24-44/h3-40H,1-2H3. The minimum Gasteiger partial charge on any atom is -0.457 e. The largest absolute Gasteiger partial charge is 0.457 e. The molecule has 0 amide bonds. The minimum absolute atomic E-state index is 0.690. The fraction of sp³-hybridized carbons (Fsp3) is 0.0312. The molecule has 0 spiro atoms. The second-order valence-corrected chi connectivity index (χ2v) is 18.1. The Bertz CT molecular complexity index is 3900. The maximum Gasteiger partial charge on any atom is 0.138 e. The molecule has 0 saturated heterocycles. The number of hydrogen-bond donors (Lipinski definition) is 0. The molecule has 0 bridgehead atoms. The van der Waals surface area contributed by atoms with Crippen LogP contribution in [0.15, 0.2) is 231 Å². The molecule has 0 aliphatic rings. The van der Waals surface area contributed by atoms with E-state index in [0.717, 1.165) is 100 Å². The van der Waals surface area contributed by atoms with Crippen molar-refractivity contribution in [3.8, 4) is 79.4 Å². The maximum atomic E-state index is 6.59. The highest BCUT2D eigenvalue weighted by Gasteiger charge is 2.18. The summed E-state index contributed by atoms with van der Waals surface area (Å²) in [6, 6.07) is 70.9. The van der Waals surface area contributed by atoms with Crippen molar-refractivity contribution in [3.05, 3.63) is 242 Å². The van der Waals surface area contributed by atoms with E-state index in [9.17, 15) is 0 Å².